The van der Waals surface area contributed by atoms with Gasteiger partial charge in [0.05, 0.1) is 11.9 Å². The average molecular weight is 389 g/mol. The highest BCUT2D eigenvalue weighted by atomic mass is 32.2. The number of carbonyl (C=O) groups excluding carboxylic acids is 1. The van der Waals surface area contributed by atoms with E-state index in [0.717, 1.165) is 28.5 Å². The van der Waals surface area contributed by atoms with E-state index in [4.69, 9.17) is 0 Å². The first-order valence-electron chi connectivity index (χ1n) is 8.99. The number of aryl methyl sites for hydroxylation is 4. The quantitative estimate of drug-likeness (QED) is 0.810. The maximum absolute atomic E-state index is 12.9. The highest BCUT2D eigenvalue weighted by Gasteiger charge is 2.31. The maximum atomic E-state index is 12.9. The standard InChI is InChI=1S/C21H28N2O3S/c1-7-20(21(24)22-18-10-8-14(2)16(4)12-18)23(27(6,25)26)19-11-9-15(3)17(5)13-19/h8-13,20H,7H2,1-6H3,(H,22,24)/t20-/m1/s1. The Kier molecular flexibility index (Phi) is 6.31. The molecule has 1 atom stereocenters. The summed E-state index contributed by atoms with van der Waals surface area (Å²) in [7, 11) is -3.64. The van der Waals surface area contributed by atoms with Crippen LogP contribution in [-0.4, -0.2) is 26.6 Å². The van der Waals surface area contributed by atoms with Gasteiger partial charge in [0, 0.05) is 5.69 Å². The fourth-order valence-corrected chi connectivity index (χ4v) is 4.17. The minimum atomic E-state index is -3.64. The number of nitrogens with zero attached hydrogens (tertiary/aromatic N) is 1. The fraction of sp³-hybridized carbons (Fsp3) is 0.381. The monoisotopic (exact) mass is 388 g/mol. The molecule has 0 radical (unpaired) electrons. The van der Waals surface area contributed by atoms with Crippen LogP contribution in [0.5, 0.6) is 0 Å². The lowest BCUT2D eigenvalue weighted by atomic mass is 10.1. The van der Waals surface area contributed by atoms with Gasteiger partial charge in [0.15, 0.2) is 0 Å². The Morgan fingerprint density at radius 2 is 1.52 bits per heavy atom. The van der Waals surface area contributed by atoms with Crippen LogP contribution >= 0.6 is 0 Å². The van der Waals surface area contributed by atoms with Gasteiger partial charge in [0.25, 0.3) is 0 Å². The molecule has 0 aromatic heterocycles. The molecule has 27 heavy (non-hydrogen) atoms. The Labute approximate surface area is 162 Å². The smallest absolute Gasteiger partial charge is 0.248 e. The third-order valence-electron chi connectivity index (χ3n) is 4.85. The Morgan fingerprint density at radius 3 is 2.00 bits per heavy atom. The Morgan fingerprint density at radius 1 is 0.963 bits per heavy atom. The molecule has 6 heteroatoms. The third kappa shape index (κ3) is 4.89. The lowest BCUT2D eigenvalue weighted by Gasteiger charge is -2.30. The summed E-state index contributed by atoms with van der Waals surface area (Å²) in [5.74, 6) is -0.343. The second-order valence-electron chi connectivity index (χ2n) is 7.04. The van der Waals surface area contributed by atoms with Gasteiger partial charge in [-0.2, -0.15) is 0 Å². The van der Waals surface area contributed by atoms with E-state index < -0.39 is 16.1 Å². The highest BCUT2D eigenvalue weighted by Crippen LogP contribution is 2.26. The predicted octanol–water partition coefficient (Wildman–Crippen LogP) is 4.10. The van der Waals surface area contributed by atoms with Crippen molar-refractivity contribution in [1.82, 2.24) is 0 Å². The average Bonchev–Trinajstić information content (AvgIpc) is 2.57. The van der Waals surface area contributed by atoms with Crippen LogP contribution in [0.25, 0.3) is 0 Å². The van der Waals surface area contributed by atoms with E-state index in [0.29, 0.717) is 17.8 Å². The van der Waals surface area contributed by atoms with Crippen molar-refractivity contribution in [3.05, 3.63) is 58.7 Å². The molecular formula is C21H28N2O3S. The van der Waals surface area contributed by atoms with E-state index in [1.807, 2.05) is 65.0 Å². The summed E-state index contributed by atoms with van der Waals surface area (Å²) in [6, 6.07) is 10.2. The summed E-state index contributed by atoms with van der Waals surface area (Å²) in [5.41, 5.74) is 5.41. The molecule has 2 rings (SSSR count). The van der Waals surface area contributed by atoms with Gasteiger partial charge < -0.3 is 5.32 Å². The molecular weight excluding hydrogens is 360 g/mol. The molecule has 0 saturated heterocycles. The second-order valence-corrected chi connectivity index (χ2v) is 8.90. The molecule has 0 fully saturated rings. The first kappa shape index (κ1) is 21.0. The summed E-state index contributed by atoms with van der Waals surface area (Å²) < 4.78 is 26.3. The molecule has 146 valence electrons. The van der Waals surface area contributed by atoms with Gasteiger partial charge in [-0.15, -0.1) is 0 Å². The van der Waals surface area contributed by atoms with E-state index >= 15 is 0 Å². The number of hydrogen-bond donors (Lipinski definition) is 1. The Hall–Kier alpha value is -2.34. The van der Waals surface area contributed by atoms with Gasteiger partial charge in [-0.3, -0.25) is 9.10 Å². The fourth-order valence-electron chi connectivity index (χ4n) is 2.97. The molecule has 5 nitrogen and oxygen atoms in total. The van der Waals surface area contributed by atoms with Crippen molar-refractivity contribution < 1.29 is 13.2 Å². The zero-order valence-electron chi connectivity index (χ0n) is 16.8. The Bertz CT molecular complexity index is 952. The van der Waals surface area contributed by atoms with Crippen LogP contribution in [0.3, 0.4) is 0 Å². The molecule has 0 bridgehead atoms. The van der Waals surface area contributed by atoms with Crippen LogP contribution in [-0.2, 0) is 14.8 Å². The van der Waals surface area contributed by atoms with Gasteiger partial charge in [0.2, 0.25) is 15.9 Å². The van der Waals surface area contributed by atoms with E-state index in [-0.39, 0.29) is 5.91 Å². The molecule has 0 aliphatic rings. The number of benzene rings is 2. The molecule has 0 aliphatic carbocycles. The van der Waals surface area contributed by atoms with Gasteiger partial charge >= 0.3 is 0 Å². The van der Waals surface area contributed by atoms with E-state index in [9.17, 15) is 13.2 Å². The number of carbonyl (C=O) groups is 1. The van der Waals surface area contributed by atoms with Crippen molar-refractivity contribution in [1.29, 1.82) is 0 Å². The lowest BCUT2D eigenvalue weighted by Crippen LogP contribution is -2.47. The number of anilines is 2. The predicted molar refractivity (Wildman–Crippen MR) is 112 cm³/mol. The zero-order chi connectivity index (χ0) is 20.4. The van der Waals surface area contributed by atoms with Gasteiger partial charge in [0.1, 0.15) is 6.04 Å². The largest absolute Gasteiger partial charge is 0.324 e. The van der Waals surface area contributed by atoms with Crippen LogP contribution in [0.15, 0.2) is 36.4 Å². The lowest BCUT2D eigenvalue weighted by molar-refractivity contribution is -0.117. The van der Waals surface area contributed by atoms with E-state index in [1.54, 1.807) is 6.07 Å². The summed E-state index contributed by atoms with van der Waals surface area (Å²) in [4.78, 5) is 12.9. The van der Waals surface area contributed by atoms with Crippen molar-refractivity contribution >= 4 is 27.3 Å². The van der Waals surface area contributed by atoms with Crippen LogP contribution < -0.4 is 9.62 Å². The number of sulfonamides is 1. The molecule has 0 saturated carbocycles. The summed E-state index contributed by atoms with van der Waals surface area (Å²) >= 11 is 0. The number of nitrogens with one attached hydrogen (secondary N) is 1. The van der Waals surface area contributed by atoms with Crippen LogP contribution in [0.1, 0.15) is 35.6 Å². The zero-order valence-corrected chi connectivity index (χ0v) is 17.6. The first-order chi connectivity index (χ1) is 12.5. The van der Waals surface area contributed by atoms with Crippen molar-refractivity contribution in [3.63, 3.8) is 0 Å². The van der Waals surface area contributed by atoms with Crippen molar-refractivity contribution in [2.45, 2.75) is 47.1 Å². The molecule has 2 aromatic carbocycles. The van der Waals surface area contributed by atoms with Crippen molar-refractivity contribution in [2.75, 3.05) is 15.9 Å². The summed E-state index contributed by atoms with van der Waals surface area (Å²) in [6.07, 6.45) is 1.49. The SMILES string of the molecule is CC[C@H](C(=O)Nc1ccc(C)c(C)c1)N(c1ccc(C)c(C)c1)S(C)(=O)=O. The highest BCUT2D eigenvalue weighted by molar-refractivity contribution is 7.92. The number of amides is 1. The van der Waals surface area contributed by atoms with Gasteiger partial charge in [-0.1, -0.05) is 19.1 Å². The molecule has 1 N–H and O–H groups in total. The Balaban J connectivity index is 2.40. The van der Waals surface area contributed by atoms with Crippen LogP contribution in [0.4, 0.5) is 11.4 Å². The van der Waals surface area contributed by atoms with Crippen LogP contribution in [0.2, 0.25) is 0 Å². The topological polar surface area (TPSA) is 66.5 Å². The summed E-state index contributed by atoms with van der Waals surface area (Å²) in [5, 5.41) is 2.86. The summed E-state index contributed by atoms with van der Waals surface area (Å²) in [6.45, 7) is 9.67. The van der Waals surface area contributed by atoms with Gasteiger partial charge in [-0.25, -0.2) is 8.42 Å². The molecule has 2 aromatic rings. The van der Waals surface area contributed by atoms with Gasteiger partial charge in [-0.05, 0) is 80.6 Å². The normalized spacial score (nSPS) is 12.5. The van der Waals surface area contributed by atoms with Crippen molar-refractivity contribution in [2.24, 2.45) is 0 Å². The molecule has 0 heterocycles. The minimum Gasteiger partial charge on any atom is -0.324 e. The van der Waals surface area contributed by atoms with Crippen LogP contribution in [0, 0.1) is 27.7 Å². The number of hydrogen-bond acceptors (Lipinski definition) is 3. The van der Waals surface area contributed by atoms with E-state index in [2.05, 4.69) is 5.32 Å². The minimum absolute atomic E-state index is 0.343. The van der Waals surface area contributed by atoms with E-state index in [1.165, 1.54) is 4.31 Å². The molecule has 1 amide bonds. The molecule has 0 unspecified atom stereocenters. The number of rotatable bonds is 6. The molecule has 0 spiro atoms. The maximum Gasteiger partial charge on any atom is 0.248 e. The van der Waals surface area contributed by atoms with Crippen molar-refractivity contribution in [3.8, 4) is 0 Å². The second kappa shape index (κ2) is 8.13. The molecule has 0 aliphatic heterocycles. The third-order valence-corrected chi connectivity index (χ3v) is 6.03. The first-order valence-corrected chi connectivity index (χ1v) is 10.8.